The van der Waals surface area contributed by atoms with Gasteiger partial charge in [-0.15, -0.1) is 9.24 Å². The molecule has 1 aliphatic rings. The van der Waals surface area contributed by atoms with E-state index < -0.39 is 16.0 Å². The summed E-state index contributed by atoms with van der Waals surface area (Å²) in [7, 11) is 1.33. The van der Waals surface area contributed by atoms with Crippen molar-refractivity contribution in [3.63, 3.8) is 0 Å². The predicted molar refractivity (Wildman–Crippen MR) is 154 cm³/mol. The van der Waals surface area contributed by atoms with Crippen LogP contribution in [0.1, 0.15) is 62.8 Å². The van der Waals surface area contributed by atoms with Gasteiger partial charge in [-0.25, -0.2) is 0 Å². The molecule has 34 heavy (non-hydrogen) atoms. The Kier molecular flexibility index (Phi) is 6.69. The van der Waals surface area contributed by atoms with E-state index in [0.29, 0.717) is 18.6 Å². The Hall–Kier alpha value is -1.47. The van der Waals surface area contributed by atoms with Crippen LogP contribution in [-0.4, -0.2) is 34.1 Å². The van der Waals surface area contributed by atoms with Gasteiger partial charge in [0.2, 0.25) is 0 Å². The molecule has 4 rings (SSSR count). The summed E-state index contributed by atoms with van der Waals surface area (Å²) >= 11 is 0. The molecule has 1 unspecified atom stereocenters. The summed E-state index contributed by atoms with van der Waals surface area (Å²) in [5.74, 6) is 0.402. The first-order valence-corrected chi connectivity index (χ1v) is 17.9. The van der Waals surface area contributed by atoms with Gasteiger partial charge in [0.1, 0.15) is 5.78 Å². The molecule has 182 valence electrons. The molecule has 1 atom stereocenters. The van der Waals surface area contributed by atoms with Crippen LogP contribution in [0.15, 0.2) is 55.1 Å². The Balaban J connectivity index is 2.02. The molecule has 0 aliphatic carbocycles. The normalized spacial score (nSPS) is 18.9. The summed E-state index contributed by atoms with van der Waals surface area (Å²) in [6, 6.07) is 12.8. The Labute approximate surface area is 209 Å². The van der Waals surface area contributed by atoms with Gasteiger partial charge in [-0.2, -0.15) is 0 Å². The second-order valence-corrected chi connectivity index (χ2v) is 22.4. The maximum absolute atomic E-state index is 12.7. The third-order valence-electron chi connectivity index (χ3n) is 7.04. The average molecular weight is 511 g/mol. The van der Waals surface area contributed by atoms with E-state index >= 15 is 0 Å². The topological polar surface area (TPSA) is 48.6 Å². The fourth-order valence-corrected chi connectivity index (χ4v) is 12.6. The number of carbonyl (C=O) groups excluding carboxylic acids is 1. The predicted octanol–water partition coefficient (Wildman–Crippen LogP) is 6.96. The van der Waals surface area contributed by atoms with Crippen LogP contribution in [-0.2, 0) is 16.0 Å². The molecule has 3 aromatic rings. The Morgan fingerprint density at radius 2 is 1.47 bits per heavy atom. The van der Waals surface area contributed by atoms with E-state index in [1.807, 2.05) is 12.4 Å². The van der Waals surface area contributed by atoms with Crippen molar-refractivity contribution < 1.29 is 4.79 Å². The van der Waals surface area contributed by atoms with Crippen molar-refractivity contribution in [2.24, 2.45) is 0 Å². The van der Waals surface area contributed by atoms with Crippen molar-refractivity contribution in [2.75, 3.05) is 0 Å². The number of rotatable bonds is 6. The Bertz CT molecular complexity index is 1100. The van der Waals surface area contributed by atoms with Crippen LogP contribution in [0.3, 0.4) is 0 Å². The molecule has 0 spiro atoms. The molecule has 1 aliphatic heterocycles. The minimum atomic E-state index is -1.29. The highest BCUT2D eigenvalue weighted by molar-refractivity contribution is 7.69. The minimum Gasteiger partial charge on any atom is -0.367 e. The average Bonchev–Trinajstić information content (AvgIpc) is 3.39. The van der Waals surface area contributed by atoms with Crippen LogP contribution in [0, 0.1) is 0 Å². The van der Waals surface area contributed by atoms with E-state index in [-0.39, 0.29) is 15.5 Å². The van der Waals surface area contributed by atoms with Crippen LogP contribution in [0.25, 0.3) is 0 Å². The lowest BCUT2D eigenvalue weighted by molar-refractivity contribution is -0.120. The summed E-state index contributed by atoms with van der Waals surface area (Å²) in [5, 5.41) is 0.964. The van der Waals surface area contributed by atoms with E-state index in [9.17, 15) is 4.79 Å². The second-order valence-electron chi connectivity index (χ2n) is 12.4. The van der Waals surface area contributed by atoms with Gasteiger partial charge in [0.25, 0.3) is 0 Å². The van der Waals surface area contributed by atoms with Crippen LogP contribution >= 0.6 is 17.2 Å². The maximum atomic E-state index is 12.7. The number of Topliss-reactive ketones (excluding diaryl/α,β-unsaturated/α-hetero) is 1. The highest BCUT2D eigenvalue weighted by Crippen LogP contribution is 2.65. The zero-order valence-corrected chi connectivity index (χ0v) is 24.8. The molecule has 6 heteroatoms. The number of hydrogen-bond donors (Lipinski definition) is 2. The molecule has 0 bridgehead atoms. The minimum absolute atomic E-state index is 0.0505. The third-order valence-corrected chi connectivity index (χ3v) is 13.1. The molecule has 2 aromatic heterocycles. The highest BCUT2D eigenvalue weighted by Gasteiger charge is 2.49. The quantitative estimate of drug-likeness (QED) is 0.273. The maximum Gasteiger partial charge on any atom is 0.134 e. The number of ketones is 1. The summed E-state index contributed by atoms with van der Waals surface area (Å²) in [6.07, 6.45) is 9.62. The van der Waals surface area contributed by atoms with Gasteiger partial charge in [0, 0.05) is 45.7 Å². The first-order chi connectivity index (χ1) is 15.7. The van der Waals surface area contributed by atoms with Gasteiger partial charge in [0.05, 0.1) is 5.16 Å². The molecular formula is C28H40N2OP2Si. The SMILES string of the molecule is CC1(C)CC(=O)CC(C)(C)P1c1ccc(C[Si](C)(C)C)cc1C(P)(c1cc[nH]c1)c1cc[nH]c1. The number of carbonyl (C=O) groups is 1. The Morgan fingerprint density at radius 1 is 0.941 bits per heavy atom. The third kappa shape index (κ3) is 4.79. The number of nitrogens with one attached hydrogen (secondary N) is 2. The fraction of sp³-hybridized carbons (Fsp3) is 0.464. The van der Waals surface area contributed by atoms with Gasteiger partial charge in [-0.05, 0) is 50.5 Å². The van der Waals surface area contributed by atoms with Crippen molar-refractivity contribution in [3.8, 4) is 0 Å². The zero-order valence-electron chi connectivity index (χ0n) is 21.8. The van der Waals surface area contributed by atoms with E-state index in [1.54, 1.807) is 0 Å². The first-order valence-electron chi connectivity index (χ1n) is 12.2. The van der Waals surface area contributed by atoms with E-state index in [2.05, 4.69) is 109 Å². The van der Waals surface area contributed by atoms with Crippen molar-refractivity contribution >= 4 is 36.3 Å². The van der Waals surface area contributed by atoms with Gasteiger partial charge in [0.15, 0.2) is 0 Å². The molecule has 0 amide bonds. The number of hydrogen-bond acceptors (Lipinski definition) is 1. The fourth-order valence-electron chi connectivity index (χ4n) is 6.09. The van der Waals surface area contributed by atoms with Crippen LogP contribution in [0.2, 0.25) is 19.6 Å². The molecule has 3 heterocycles. The monoisotopic (exact) mass is 510 g/mol. The van der Waals surface area contributed by atoms with E-state index in [0.717, 1.165) is 6.04 Å². The van der Waals surface area contributed by atoms with Crippen molar-refractivity contribution in [3.05, 3.63) is 77.4 Å². The van der Waals surface area contributed by atoms with Gasteiger partial charge < -0.3 is 9.97 Å². The van der Waals surface area contributed by atoms with Crippen LogP contribution in [0.4, 0.5) is 0 Å². The smallest absolute Gasteiger partial charge is 0.134 e. The lowest BCUT2D eigenvalue weighted by Crippen LogP contribution is -2.45. The van der Waals surface area contributed by atoms with Crippen molar-refractivity contribution in [1.29, 1.82) is 0 Å². The van der Waals surface area contributed by atoms with Gasteiger partial charge in [-0.3, -0.25) is 4.79 Å². The van der Waals surface area contributed by atoms with Crippen LogP contribution < -0.4 is 5.30 Å². The number of aromatic nitrogens is 2. The Morgan fingerprint density at radius 3 is 1.91 bits per heavy atom. The molecule has 2 N–H and O–H groups in total. The summed E-state index contributed by atoms with van der Waals surface area (Å²) in [4.78, 5) is 19.3. The molecule has 0 radical (unpaired) electrons. The summed E-state index contributed by atoms with van der Waals surface area (Å²) in [5.41, 5.74) is 5.27. The zero-order chi connectivity index (χ0) is 24.9. The molecule has 0 saturated carbocycles. The van der Waals surface area contributed by atoms with E-state index in [4.69, 9.17) is 0 Å². The molecular weight excluding hydrogens is 470 g/mol. The highest BCUT2D eigenvalue weighted by atomic mass is 31.1. The number of H-pyrrole nitrogens is 2. The van der Waals surface area contributed by atoms with Crippen LogP contribution in [0.5, 0.6) is 0 Å². The van der Waals surface area contributed by atoms with Gasteiger partial charge in [-0.1, -0.05) is 79.0 Å². The molecule has 3 nitrogen and oxygen atoms in total. The number of benzene rings is 1. The largest absolute Gasteiger partial charge is 0.367 e. The first kappa shape index (κ1) is 25.6. The van der Waals surface area contributed by atoms with Crippen molar-refractivity contribution in [1.82, 2.24) is 9.97 Å². The lowest BCUT2D eigenvalue weighted by Gasteiger charge is -2.50. The standard InChI is InChI=1S/C28H40N2OP2Si/c1-26(2)15-23(31)16-27(3,4)33(26)25-9-8-20(19-34(5,6)7)14-24(25)28(32,21-10-12-29-17-21)22-11-13-30-18-22/h8-14,17-18,29-30H,15-16,19,32H2,1-7H3. The van der Waals surface area contributed by atoms with E-state index in [1.165, 1.54) is 27.6 Å². The summed E-state index contributed by atoms with van der Waals surface area (Å²) < 4.78 is 0. The molecule has 1 saturated heterocycles. The molecule has 1 aromatic carbocycles. The van der Waals surface area contributed by atoms with Crippen molar-refractivity contribution in [2.45, 2.75) is 81.7 Å². The second kappa shape index (κ2) is 8.88. The molecule has 1 fully saturated rings. The van der Waals surface area contributed by atoms with Gasteiger partial charge >= 0.3 is 0 Å². The lowest BCUT2D eigenvalue weighted by atomic mass is 9.86. The summed E-state index contributed by atoms with van der Waals surface area (Å²) in [6.45, 7) is 16.6. The number of aromatic amines is 2.